The Hall–Kier alpha value is 1.20. The third-order valence-corrected chi connectivity index (χ3v) is 13.6. The van der Waals surface area contributed by atoms with Crippen LogP contribution >= 0.6 is 70.6 Å². The SMILES string of the molecule is C=C1CSCC(OCC(CC)(COC2CSCC(=C)CSC2)COC2CSCC(=C)CSC2)CSC1. The quantitative estimate of drug-likeness (QED) is 0.253. The number of ether oxygens (including phenoxy) is 3. The van der Waals surface area contributed by atoms with Crippen LogP contribution in [0.1, 0.15) is 13.3 Å². The maximum atomic E-state index is 6.63. The normalized spacial score (nSPS) is 23.4. The summed E-state index contributed by atoms with van der Waals surface area (Å²) in [7, 11) is 0. The average Bonchev–Trinajstić information content (AvgIpc) is 2.82. The fourth-order valence-electron chi connectivity index (χ4n) is 3.88. The average molecular weight is 609 g/mol. The fraction of sp³-hybridized carbons (Fsp3) is 0.778. The summed E-state index contributed by atoms with van der Waals surface area (Å²) >= 11 is 11.8. The van der Waals surface area contributed by atoms with E-state index in [0.717, 1.165) is 75.5 Å². The first kappa shape index (κ1) is 31.7. The molecule has 0 amide bonds. The second-order valence-electron chi connectivity index (χ2n) is 9.99. The molecule has 3 aliphatic rings. The van der Waals surface area contributed by atoms with Crippen molar-refractivity contribution in [3.63, 3.8) is 0 Å². The summed E-state index contributed by atoms with van der Waals surface area (Å²) in [6, 6.07) is 0. The second-order valence-corrected chi connectivity index (χ2v) is 16.2. The van der Waals surface area contributed by atoms with Crippen LogP contribution in [0.2, 0.25) is 0 Å². The van der Waals surface area contributed by atoms with Gasteiger partial charge in [0.2, 0.25) is 0 Å². The molecule has 0 radical (unpaired) electrons. The van der Waals surface area contributed by atoms with Gasteiger partial charge in [0.1, 0.15) is 0 Å². The summed E-state index contributed by atoms with van der Waals surface area (Å²) in [6.45, 7) is 16.9. The van der Waals surface area contributed by atoms with Gasteiger partial charge in [-0.3, -0.25) is 0 Å². The van der Waals surface area contributed by atoms with Crippen LogP contribution < -0.4 is 0 Å². The van der Waals surface area contributed by atoms with Gasteiger partial charge in [0.25, 0.3) is 0 Å². The zero-order valence-corrected chi connectivity index (χ0v) is 26.7. The molecule has 3 heterocycles. The van der Waals surface area contributed by atoms with Crippen molar-refractivity contribution in [2.45, 2.75) is 31.7 Å². The molecule has 3 aliphatic heterocycles. The Labute approximate surface area is 245 Å². The van der Waals surface area contributed by atoms with Gasteiger partial charge in [0.15, 0.2) is 0 Å². The molecule has 0 aromatic heterocycles. The van der Waals surface area contributed by atoms with Crippen molar-refractivity contribution in [1.29, 1.82) is 0 Å². The minimum Gasteiger partial charge on any atom is -0.376 e. The van der Waals surface area contributed by atoms with E-state index in [9.17, 15) is 0 Å². The van der Waals surface area contributed by atoms with Crippen molar-refractivity contribution >= 4 is 70.6 Å². The molecule has 0 atom stereocenters. The molecule has 36 heavy (non-hydrogen) atoms. The first-order chi connectivity index (χ1) is 17.5. The molecule has 0 aromatic carbocycles. The van der Waals surface area contributed by atoms with Gasteiger partial charge >= 0.3 is 0 Å². The summed E-state index contributed by atoms with van der Waals surface area (Å²) in [5, 5.41) is 0. The van der Waals surface area contributed by atoms with Crippen LogP contribution in [0, 0.1) is 5.41 Å². The van der Waals surface area contributed by atoms with E-state index >= 15 is 0 Å². The molecule has 0 aliphatic carbocycles. The predicted molar refractivity (Wildman–Crippen MR) is 173 cm³/mol. The minimum atomic E-state index is -0.121. The monoisotopic (exact) mass is 608 g/mol. The van der Waals surface area contributed by atoms with E-state index in [0.29, 0.717) is 19.8 Å². The number of rotatable bonds is 10. The van der Waals surface area contributed by atoms with E-state index in [4.69, 9.17) is 14.2 Å². The molecule has 0 unspecified atom stereocenters. The lowest BCUT2D eigenvalue weighted by atomic mass is 9.87. The highest BCUT2D eigenvalue weighted by Gasteiger charge is 2.34. The van der Waals surface area contributed by atoms with Gasteiger partial charge in [-0.15, -0.1) is 0 Å². The van der Waals surface area contributed by atoms with Gasteiger partial charge in [-0.2, -0.15) is 70.6 Å². The Morgan fingerprint density at radius 1 is 0.556 bits per heavy atom. The lowest BCUT2D eigenvalue weighted by Gasteiger charge is -2.37. The van der Waals surface area contributed by atoms with Crippen LogP contribution in [0.25, 0.3) is 0 Å². The molecule has 0 aromatic rings. The van der Waals surface area contributed by atoms with E-state index in [-0.39, 0.29) is 23.7 Å². The molecule has 3 fully saturated rings. The maximum Gasteiger partial charge on any atom is 0.0756 e. The molecule has 0 bridgehead atoms. The summed E-state index contributed by atoms with van der Waals surface area (Å²) in [5.41, 5.74) is 3.89. The van der Waals surface area contributed by atoms with Gasteiger partial charge in [-0.1, -0.05) is 43.4 Å². The van der Waals surface area contributed by atoms with Gasteiger partial charge in [0.05, 0.1) is 38.1 Å². The van der Waals surface area contributed by atoms with Gasteiger partial charge in [-0.25, -0.2) is 0 Å². The molecule has 0 spiro atoms. The van der Waals surface area contributed by atoms with E-state index < -0.39 is 0 Å². The standard InChI is InChI=1S/C27H44O3S6/c1-5-27(18-28-24-12-31-6-21(2)7-32-13-24,19-29-25-14-33-8-22(3)9-34-15-25)20-30-26-16-35-10-23(4)11-36-17-26/h24-26H,2-20H2,1H3. The second kappa shape index (κ2) is 17.8. The molecule has 9 heteroatoms. The largest absolute Gasteiger partial charge is 0.376 e. The number of hydrogen-bond donors (Lipinski definition) is 0. The summed E-state index contributed by atoms with van der Waals surface area (Å²) in [4.78, 5) is 0. The molecular formula is C27H44O3S6. The highest BCUT2D eigenvalue weighted by Crippen LogP contribution is 2.31. The van der Waals surface area contributed by atoms with Crippen molar-refractivity contribution in [3.8, 4) is 0 Å². The van der Waals surface area contributed by atoms with Crippen molar-refractivity contribution in [2.75, 3.05) is 88.9 Å². The third-order valence-electron chi connectivity index (χ3n) is 6.29. The van der Waals surface area contributed by atoms with Crippen molar-refractivity contribution in [2.24, 2.45) is 5.41 Å². The van der Waals surface area contributed by atoms with Crippen LogP contribution in [0.3, 0.4) is 0 Å². The molecular weight excluding hydrogens is 565 g/mol. The van der Waals surface area contributed by atoms with Crippen molar-refractivity contribution < 1.29 is 14.2 Å². The van der Waals surface area contributed by atoms with Crippen LogP contribution in [-0.4, -0.2) is 107 Å². The summed E-state index contributed by atoms with van der Waals surface area (Å²) < 4.78 is 19.9. The molecule has 206 valence electrons. The van der Waals surface area contributed by atoms with E-state index in [1.54, 1.807) is 0 Å². The van der Waals surface area contributed by atoms with Gasteiger partial charge in [-0.05, 0) is 6.42 Å². The van der Waals surface area contributed by atoms with Crippen LogP contribution in [-0.2, 0) is 14.2 Å². The highest BCUT2D eigenvalue weighted by molar-refractivity contribution is 8.02. The van der Waals surface area contributed by atoms with Gasteiger partial charge in [0, 0.05) is 74.4 Å². The summed E-state index contributed by atoms with van der Waals surface area (Å²) in [6.07, 6.45) is 1.81. The smallest absolute Gasteiger partial charge is 0.0756 e. The van der Waals surface area contributed by atoms with E-state index in [1.165, 1.54) is 16.7 Å². The first-order valence-electron chi connectivity index (χ1n) is 12.8. The fourth-order valence-corrected chi connectivity index (χ4v) is 10.6. The zero-order valence-electron chi connectivity index (χ0n) is 21.8. The molecule has 3 saturated heterocycles. The Morgan fingerprint density at radius 2 is 0.806 bits per heavy atom. The molecule has 3 nitrogen and oxygen atoms in total. The van der Waals surface area contributed by atoms with Gasteiger partial charge < -0.3 is 14.2 Å². The Kier molecular flexibility index (Phi) is 15.7. The van der Waals surface area contributed by atoms with Crippen LogP contribution in [0.5, 0.6) is 0 Å². The maximum absolute atomic E-state index is 6.63. The lowest BCUT2D eigenvalue weighted by molar-refractivity contribution is -0.0990. The zero-order chi connectivity index (χ0) is 25.6. The molecule has 3 rings (SSSR count). The molecule has 0 saturated carbocycles. The predicted octanol–water partition coefficient (Wildman–Crippen LogP) is 6.65. The Bertz CT molecular complexity index is 579. The topological polar surface area (TPSA) is 27.7 Å². The number of thioether (sulfide) groups is 6. The third kappa shape index (κ3) is 12.2. The number of hydrogen-bond acceptors (Lipinski definition) is 9. The highest BCUT2D eigenvalue weighted by atomic mass is 32.2. The summed E-state index contributed by atoms with van der Waals surface area (Å²) in [5.74, 6) is 12.5. The molecule has 0 N–H and O–H groups in total. The van der Waals surface area contributed by atoms with E-state index in [2.05, 4.69) is 26.7 Å². The Balaban J connectivity index is 1.59. The van der Waals surface area contributed by atoms with E-state index in [1.807, 2.05) is 70.6 Å². The first-order valence-corrected chi connectivity index (χ1v) is 19.7. The van der Waals surface area contributed by atoms with Crippen molar-refractivity contribution in [1.82, 2.24) is 0 Å². The van der Waals surface area contributed by atoms with Crippen LogP contribution in [0.15, 0.2) is 36.5 Å². The minimum absolute atomic E-state index is 0.121. The van der Waals surface area contributed by atoms with Crippen LogP contribution in [0.4, 0.5) is 0 Å². The van der Waals surface area contributed by atoms with Crippen molar-refractivity contribution in [3.05, 3.63) is 36.5 Å². The Morgan fingerprint density at radius 3 is 1.03 bits per heavy atom. The lowest BCUT2D eigenvalue weighted by Crippen LogP contribution is -2.42.